The lowest BCUT2D eigenvalue weighted by atomic mass is 9.88. The number of carbonyl (C=O) groups excluding carboxylic acids is 1. The van der Waals surface area contributed by atoms with Gasteiger partial charge in [-0.2, -0.15) is 0 Å². The first-order chi connectivity index (χ1) is 16.9. The Labute approximate surface area is 208 Å². The van der Waals surface area contributed by atoms with Crippen molar-refractivity contribution in [3.8, 4) is 11.5 Å². The minimum absolute atomic E-state index is 0.246. The molecule has 2 aromatic rings. The van der Waals surface area contributed by atoms with Gasteiger partial charge in [0.15, 0.2) is 16.6 Å². The number of likely N-dealkylation sites (tertiary alicyclic amines) is 1. The molecule has 1 saturated heterocycles. The molecule has 2 aliphatic heterocycles. The van der Waals surface area contributed by atoms with Gasteiger partial charge in [-0.1, -0.05) is 11.2 Å². The van der Waals surface area contributed by atoms with Crippen molar-refractivity contribution >= 4 is 35.0 Å². The van der Waals surface area contributed by atoms with Crippen molar-refractivity contribution in [1.82, 2.24) is 10.2 Å². The number of ether oxygens (including phenoxy) is 3. The van der Waals surface area contributed by atoms with Crippen LogP contribution in [0, 0.1) is 5.82 Å². The second-order valence-electron chi connectivity index (χ2n) is 8.29. The first kappa shape index (κ1) is 24.5. The SMILES string of the molecule is COc1ccc(CNC(=O)OC2=NOC3(CCN(C(=S)Nc4ccc(F)cc4)CC3)C2)cc1OC. The third-order valence-corrected chi connectivity index (χ3v) is 6.33. The largest absolute Gasteiger partial charge is 0.493 e. The van der Waals surface area contributed by atoms with Crippen LogP contribution >= 0.6 is 12.2 Å². The third-order valence-electron chi connectivity index (χ3n) is 5.97. The number of hydrogen-bond acceptors (Lipinski definition) is 7. The topological polar surface area (TPSA) is 93.7 Å². The Kier molecular flexibility index (Phi) is 7.54. The highest BCUT2D eigenvalue weighted by molar-refractivity contribution is 7.80. The standard InChI is InChI=1S/C24H27FN4O5S/c1-31-19-8-3-16(13-20(19)32-2)15-26-23(30)33-21-14-24(34-28-21)9-11-29(12-10-24)22(35)27-18-6-4-17(25)5-7-18/h3-8,13H,9-12,14-15H2,1-2H3,(H,26,30)(H,27,35). The summed E-state index contributed by atoms with van der Waals surface area (Å²) in [6.45, 7) is 1.56. The van der Waals surface area contributed by atoms with Gasteiger partial charge in [-0.3, -0.25) is 0 Å². The number of hydrogen-bond donors (Lipinski definition) is 2. The fraction of sp³-hybridized carbons (Fsp3) is 0.375. The zero-order valence-corrected chi connectivity index (χ0v) is 20.3. The van der Waals surface area contributed by atoms with Crippen LogP contribution in [0.5, 0.6) is 11.5 Å². The molecule has 2 N–H and O–H groups in total. The van der Waals surface area contributed by atoms with Crippen LogP contribution in [0.15, 0.2) is 47.6 Å². The molecule has 2 heterocycles. The number of methoxy groups -OCH3 is 2. The van der Waals surface area contributed by atoms with E-state index < -0.39 is 11.7 Å². The maximum Gasteiger partial charge on any atom is 0.414 e. The first-order valence-electron chi connectivity index (χ1n) is 11.1. The number of anilines is 1. The van der Waals surface area contributed by atoms with Gasteiger partial charge >= 0.3 is 6.09 Å². The predicted molar refractivity (Wildman–Crippen MR) is 132 cm³/mol. The van der Waals surface area contributed by atoms with E-state index in [2.05, 4.69) is 15.8 Å². The van der Waals surface area contributed by atoms with E-state index in [0.717, 1.165) is 11.3 Å². The molecule has 0 bridgehead atoms. The van der Waals surface area contributed by atoms with Crippen LogP contribution in [-0.2, 0) is 16.1 Å². The number of rotatable bonds is 5. The molecule has 2 aromatic carbocycles. The van der Waals surface area contributed by atoms with E-state index in [1.165, 1.54) is 12.1 Å². The maximum atomic E-state index is 13.1. The number of piperidine rings is 1. The van der Waals surface area contributed by atoms with Crippen LogP contribution in [0.3, 0.4) is 0 Å². The van der Waals surface area contributed by atoms with Crippen molar-refractivity contribution in [2.75, 3.05) is 32.6 Å². The van der Waals surface area contributed by atoms with Crippen LogP contribution in [0.4, 0.5) is 14.9 Å². The van der Waals surface area contributed by atoms with E-state index in [1.807, 2.05) is 11.0 Å². The molecule has 0 saturated carbocycles. The number of nitrogens with one attached hydrogen (secondary N) is 2. The zero-order chi connectivity index (χ0) is 24.8. The van der Waals surface area contributed by atoms with E-state index in [9.17, 15) is 9.18 Å². The number of benzene rings is 2. The lowest BCUT2D eigenvalue weighted by Crippen LogP contribution is -2.48. The summed E-state index contributed by atoms with van der Waals surface area (Å²) in [6.07, 6.45) is 1.13. The Morgan fingerprint density at radius 3 is 2.54 bits per heavy atom. The van der Waals surface area contributed by atoms with Crippen molar-refractivity contribution in [2.45, 2.75) is 31.4 Å². The molecule has 0 atom stereocenters. The highest BCUT2D eigenvalue weighted by atomic mass is 32.1. The fourth-order valence-corrected chi connectivity index (χ4v) is 4.27. The highest BCUT2D eigenvalue weighted by Crippen LogP contribution is 2.35. The molecular formula is C24H27FN4O5S. The molecule has 186 valence electrons. The number of halogens is 1. The fourth-order valence-electron chi connectivity index (χ4n) is 3.97. The Bertz CT molecular complexity index is 1100. The van der Waals surface area contributed by atoms with Gasteiger partial charge in [-0.05, 0) is 54.2 Å². The molecular weight excluding hydrogens is 475 g/mol. The van der Waals surface area contributed by atoms with Gasteiger partial charge in [0.2, 0.25) is 5.90 Å². The summed E-state index contributed by atoms with van der Waals surface area (Å²) in [5.41, 5.74) is 1.05. The number of carbonyl (C=O) groups is 1. The van der Waals surface area contributed by atoms with E-state index in [1.54, 1.807) is 38.5 Å². The minimum atomic E-state index is -0.610. The molecule has 4 rings (SSSR count). The smallest absolute Gasteiger partial charge is 0.414 e. The Morgan fingerprint density at radius 2 is 1.86 bits per heavy atom. The van der Waals surface area contributed by atoms with Gasteiger partial charge < -0.3 is 34.6 Å². The maximum absolute atomic E-state index is 13.1. The van der Waals surface area contributed by atoms with Crippen molar-refractivity contribution in [2.24, 2.45) is 5.16 Å². The lowest BCUT2D eigenvalue weighted by molar-refractivity contribution is -0.0521. The summed E-state index contributed by atoms with van der Waals surface area (Å²) < 4.78 is 29.0. The first-order valence-corrected chi connectivity index (χ1v) is 11.5. The molecule has 9 nitrogen and oxygen atoms in total. The van der Waals surface area contributed by atoms with Gasteiger partial charge in [-0.25, -0.2) is 9.18 Å². The van der Waals surface area contributed by atoms with E-state index in [-0.39, 0.29) is 18.3 Å². The molecule has 1 amide bonds. The summed E-state index contributed by atoms with van der Waals surface area (Å²) in [5, 5.41) is 10.4. The number of nitrogens with zero attached hydrogens (tertiary/aromatic N) is 2. The average Bonchev–Trinajstić information content (AvgIpc) is 3.25. The quantitative estimate of drug-likeness (QED) is 0.592. The molecule has 0 radical (unpaired) electrons. The van der Waals surface area contributed by atoms with Crippen molar-refractivity contribution in [3.05, 3.63) is 53.8 Å². The normalized spacial score (nSPS) is 16.2. The Balaban J connectivity index is 1.21. The van der Waals surface area contributed by atoms with E-state index in [0.29, 0.717) is 49.0 Å². The summed E-state index contributed by atoms with van der Waals surface area (Å²) in [4.78, 5) is 20.0. The van der Waals surface area contributed by atoms with Crippen molar-refractivity contribution in [3.63, 3.8) is 0 Å². The van der Waals surface area contributed by atoms with Crippen LogP contribution in [0.1, 0.15) is 24.8 Å². The van der Waals surface area contributed by atoms with E-state index >= 15 is 0 Å². The van der Waals surface area contributed by atoms with E-state index in [4.69, 9.17) is 31.3 Å². The van der Waals surface area contributed by atoms with Gasteiger partial charge in [0.25, 0.3) is 0 Å². The van der Waals surface area contributed by atoms with Gasteiger partial charge in [0.05, 0.1) is 20.6 Å². The van der Waals surface area contributed by atoms with Crippen LogP contribution in [-0.4, -0.2) is 54.9 Å². The van der Waals surface area contributed by atoms with Crippen molar-refractivity contribution < 1.29 is 28.2 Å². The zero-order valence-electron chi connectivity index (χ0n) is 19.5. The summed E-state index contributed by atoms with van der Waals surface area (Å²) in [6, 6.07) is 11.4. The van der Waals surface area contributed by atoms with Crippen LogP contribution in [0.25, 0.3) is 0 Å². The van der Waals surface area contributed by atoms with Gasteiger partial charge in [0.1, 0.15) is 11.4 Å². The molecule has 35 heavy (non-hydrogen) atoms. The van der Waals surface area contributed by atoms with Crippen molar-refractivity contribution in [1.29, 1.82) is 0 Å². The molecule has 1 spiro atoms. The third kappa shape index (κ3) is 6.10. The molecule has 11 heteroatoms. The number of alkyl carbamates (subject to hydrolysis) is 1. The minimum Gasteiger partial charge on any atom is -0.493 e. The lowest BCUT2D eigenvalue weighted by Gasteiger charge is -2.38. The van der Waals surface area contributed by atoms with Crippen LogP contribution < -0.4 is 20.1 Å². The number of thiocarbonyl (C=S) groups is 1. The monoisotopic (exact) mass is 502 g/mol. The highest BCUT2D eigenvalue weighted by Gasteiger charge is 2.43. The summed E-state index contributed by atoms with van der Waals surface area (Å²) >= 11 is 5.49. The number of oxime groups is 1. The number of amides is 1. The Morgan fingerprint density at radius 1 is 1.14 bits per heavy atom. The second-order valence-corrected chi connectivity index (χ2v) is 8.68. The van der Waals surface area contributed by atoms with Gasteiger partial charge in [0, 0.05) is 38.2 Å². The predicted octanol–water partition coefficient (Wildman–Crippen LogP) is 4.03. The average molecular weight is 503 g/mol. The molecule has 2 aliphatic rings. The van der Waals surface area contributed by atoms with Crippen LogP contribution in [0.2, 0.25) is 0 Å². The molecule has 0 unspecified atom stereocenters. The second kappa shape index (κ2) is 10.8. The summed E-state index contributed by atoms with van der Waals surface area (Å²) in [5.74, 6) is 1.14. The summed E-state index contributed by atoms with van der Waals surface area (Å²) in [7, 11) is 3.12. The molecule has 0 aliphatic carbocycles. The molecule has 1 fully saturated rings. The molecule has 0 aromatic heterocycles. The Hall–Kier alpha value is -3.60. The van der Waals surface area contributed by atoms with Gasteiger partial charge in [-0.15, -0.1) is 0 Å².